The van der Waals surface area contributed by atoms with E-state index in [0.29, 0.717) is 0 Å². The number of aromatic hydroxyl groups is 2. The van der Waals surface area contributed by atoms with Crippen molar-refractivity contribution in [1.82, 2.24) is 10.1 Å². The summed E-state index contributed by atoms with van der Waals surface area (Å²) in [6.07, 6.45) is 0. The minimum absolute atomic E-state index is 0.0352. The van der Waals surface area contributed by atoms with Crippen LogP contribution in [0.4, 0.5) is 8.78 Å². The van der Waals surface area contributed by atoms with Crippen LogP contribution in [0.3, 0.4) is 0 Å². The molecule has 7 heteroatoms. The van der Waals surface area contributed by atoms with Crippen molar-refractivity contribution >= 4 is 0 Å². The van der Waals surface area contributed by atoms with Gasteiger partial charge in [0.2, 0.25) is 5.82 Å². The summed E-state index contributed by atoms with van der Waals surface area (Å²) in [7, 11) is 0. The fourth-order valence-electron chi connectivity index (χ4n) is 1.78. The van der Waals surface area contributed by atoms with Crippen molar-refractivity contribution in [3.8, 4) is 34.3 Å². The van der Waals surface area contributed by atoms with Crippen molar-refractivity contribution in [3.63, 3.8) is 0 Å². The molecule has 0 bridgehead atoms. The number of aromatic nitrogens is 2. The minimum atomic E-state index is -0.826. The second-order valence-electron chi connectivity index (χ2n) is 4.25. The lowest BCUT2D eigenvalue weighted by Crippen LogP contribution is -1.85. The van der Waals surface area contributed by atoms with Crippen molar-refractivity contribution in [2.45, 2.75) is 0 Å². The number of hydrogen-bond donors (Lipinski definition) is 2. The average Bonchev–Trinajstić information content (AvgIpc) is 2.94. The molecule has 0 saturated heterocycles. The Bertz CT molecular complexity index is 818. The molecule has 0 atom stereocenters. The smallest absolute Gasteiger partial charge is 0.262 e. The normalized spacial score (nSPS) is 10.8. The van der Waals surface area contributed by atoms with Crippen LogP contribution in [0.5, 0.6) is 11.5 Å². The molecule has 0 unspecified atom stereocenters. The van der Waals surface area contributed by atoms with Gasteiger partial charge in [0.05, 0.1) is 5.56 Å². The number of phenolic OH excluding ortho intramolecular Hbond substituents is 2. The van der Waals surface area contributed by atoms with Crippen molar-refractivity contribution in [2.24, 2.45) is 0 Å². The maximum Gasteiger partial charge on any atom is 0.262 e. The van der Waals surface area contributed by atoms with Crippen molar-refractivity contribution in [2.75, 3.05) is 0 Å². The molecule has 3 rings (SSSR count). The summed E-state index contributed by atoms with van der Waals surface area (Å²) in [6.45, 7) is 0. The summed E-state index contributed by atoms with van der Waals surface area (Å²) in [5.74, 6) is -2.16. The van der Waals surface area contributed by atoms with Crippen LogP contribution in [-0.2, 0) is 0 Å². The SMILES string of the molecule is Oc1ccc(-c2noc(-c3cc(F)ccc3O)n2)cc1F. The van der Waals surface area contributed by atoms with E-state index in [2.05, 4.69) is 10.1 Å². The molecule has 0 spiro atoms. The highest BCUT2D eigenvalue weighted by molar-refractivity contribution is 5.65. The average molecular weight is 290 g/mol. The second kappa shape index (κ2) is 4.86. The van der Waals surface area contributed by atoms with Gasteiger partial charge in [-0.2, -0.15) is 4.98 Å². The van der Waals surface area contributed by atoms with Crippen LogP contribution < -0.4 is 0 Å². The van der Waals surface area contributed by atoms with Gasteiger partial charge in [-0.1, -0.05) is 5.16 Å². The number of hydrogen-bond acceptors (Lipinski definition) is 5. The van der Waals surface area contributed by atoms with Crippen molar-refractivity contribution in [1.29, 1.82) is 0 Å². The molecule has 1 heterocycles. The Hall–Kier alpha value is -2.96. The Morgan fingerprint density at radius 1 is 0.952 bits per heavy atom. The predicted molar refractivity (Wildman–Crippen MR) is 68.4 cm³/mol. The van der Waals surface area contributed by atoms with E-state index in [4.69, 9.17) is 9.63 Å². The number of nitrogens with zero attached hydrogens (tertiary/aromatic N) is 2. The van der Waals surface area contributed by atoms with Gasteiger partial charge >= 0.3 is 0 Å². The highest BCUT2D eigenvalue weighted by Crippen LogP contribution is 2.30. The summed E-state index contributed by atoms with van der Waals surface area (Å²) < 4.78 is 31.4. The number of halogens is 2. The standard InChI is InChI=1S/C14H8F2N2O3/c15-8-2-4-11(19)9(6-8)14-17-13(18-21-14)7-1-3-12(20)10(16)5-7/h1-6,19-20H. The molecule has 0 saturated carbocycles. The molecule has 5 nitrogen and oxygen atoms in total. The first-order valence-electron chi connectivity index (χ1n) is 5.86. The van der Waals surface area contributed by atoms with E-state index < -0.39 is 17.4 Å². The molecular weight excluding hydrogens is 282 g/mol. The van der Waals surface area contributed by atoms with E-state index in [1.807, 2.05) is 0 Å². The van der Waals surface area contributed by atoms with Gasteiger partial charge in [0, 0.05) is 5.56 Å². The number of phenols is 2. The third-order valence-electron chi connectivity index (χ3n) is 2.82. The first-order chi connectivity index (χ1) is 10.0. The monoisotopic (exact) mass is 290 g/mol. The van der Waals surface area contributed by atoms with Gasteiger partial charge in [-0.3, -0.25) is 0 Å². The molecule has 0 aliphatic rings. The van der Waals surface area contributed by atoms with Gasteiger partial charge in [0.1, 0.15) is 11.6 Å². The molecule has 0 radical (unpaired) electrons. The summed E-state index contributed by atoms with van der Waals surface area (Å²) in [5.41, 5.74) is 0.309. The molecule has 0 amide bonds. The maximum atomic E-state index is 13.3. The van der Waals surface area contributed by atoms with Gasteiger partial charge in [-0.15, -0.1) is 0 Å². The molecule has 0 fully saturated rings. The Balaban J connectivity index is 2.03. The lowest BCUT2D eigenvalue weighted by molar-refractivity contribution is 0.424. The predicted octanol–water partition coefficient (Wildman–Crippen LogP) is 3.09. The van der Waals surface area contributed by atoms with Crippen LogP contribution in [0.1, 0.15) is 0 Å². The second-order valence-corrected chi connectivity index (χ2v) is 4.25. The lowest BCUT2D eigenvalue weighted by atomic mass is 10.2. The third-order valence-corrected chi connectivity index (χ3v) is 2.82. The summed E-state index contributed by atoms with van der Waals surface area (Å²) in [5, 5.41) is 22.4. The molecule has 0 aliphatic heterocycles. The molecule has 2 aromatic carbocycles. The fourth-order valence-corrected chi connectivity index (χ4v) is 1.78. The van der Waals surface area contributed by atoms with E-state index in [-0.39, 0.29) is 28.6 Å². The highest BCUT2D eigenvalue weighted by Gasteiger charge is 2.15. The zero-order valence-electron chi connectivity index (χ0n) is 10.4. The first kappa shape index (κ1) is 13.0. The Labute approximate surface area is 117 Å². The number of benzene rings is 2. The molecule has 21 heavy (non-hydrogen) atoms. The van der Waals surface area contributed by atoms with Crippen LogP contribution in [-0.4, -0.2) is 20.4 Å². The summed E-state index contributed by atoms with van der Waals surface area (Å²) in [6, 6.07) is 6.89. The zero-order valence-corrected chi connectivity index (χ0v) is 10.4. The van der Waals surface area contributed by atoms with Gasteiger partial charge in [0.25, 0.3) is 5.89 Å². The van der Waals surface area contributed by atoms with Gasteiger partial charge < -0.3 is 14.7 Å². The maximum absolute atomic E-state index is 13.3. The van der Waals surface area contributed by atoms with E-state index >= 15 is 0 Å². The lowest BCUT2D eigenvalue weighted by Gasteiger charge is -1.98. The molecule has 1 aromatic heterocycles. The molecular formula is C14H8F2N2O3. The van der Waals surface area contributed by atoms with Gasteiger partial charge in [0.15, 0.2) is 11.6 Å². The summed E-state index contributed by atoms with van der Waals surface area (Å²) in [4.78, 5) is 3.97. The van der Waals surface area contributed by atoms with E-state index in [0.717, 1.165) is 30.3 Å². The van der Waals surface area contributed by atoms with Crippen molar-refractivity contribution in [3.05, 3.63) is 48.0 Å². The first-order valence-corrected chi connectivity index (χ1v) is 5.86. The van der Waals surface area contributed by atoms with Crippen LogP contribution >= 0.6 is 0 Å². The number of rotatable bonds is 2. The summed E-state index contributed by atoms with van der Waals surface area (Å²) >= 11 is 0. The third kappa shape index (κ3) is 2.40. The fraction of sp³-hybridized carbons (Fsp3) is 0. The Morgan fingerprint density at radius 2 is 1.71 bits per heavy atom. The molecule has 106 valence electrons. The molecule has 0 aliphatic carbocycles. The van der Waals surface area contributed by atoms with E-state index in [1.165, 1.54) is 6.07 Å². The Morgan fingerprint density at radius 3 is 2.48 bits per heavy atom. The van der Waals surface area contributed by atoms with Gasteiger partial charge in [-0.25, -0.2) is 8.78 Å². The van der Waals surface area contributed by atoms with Crippen molar-refractivity contribution < 1.29 is 23.5 Å². The van der Waals surface area contributed by atoms with Crippen LogP contribution in [0.2, 0.25) is 0 Å². The Kier molecular flexibility index (Phi) is 3.02. The van der Waals surface area contributed by atoms with E-state index in [9.17, 15) is 13.9 Å². The van der Waals surface area contributed by atoms with Crippen LogP contribution in [0, 0.1) is 11.6 Å². The minimum Gasteiger partial charge on any atom is -0.507 e. The highest BCUT2D eigenvalue weighted by atomic mass is 19.1. The molecule has 2 N–H and O–H groups in total. The largest absolute Gasteiger partial charge is 0.507 e. The van der Waals surface area contributed by atoms with Crippen LogP contribution in [0.25, 0.3) is 22.8 Å². The quantitative estimate of drug-likeness (QED) is 0.758. The topological polar surface area (TPSA) is 79.4 Å². The van der Waals surface area contributed by atoms with Crippen LogP contribution in [0.15, 0.2) is 40.9 Å². The zero-order chi connectivity index (χ0) is 15.0. The van der Waals surface area contributed by atoms with Gasteiger partial charge in [-0.05, 0) is 36.4 Å². The molecule has 3 aromatic rings. The van der Waals surface area contributed by atoms with E-state index in [1.54, 1.807) is 0 Å².